The Balaban J connectivity index is 1.88. The number of aryl methyl sites for hydroxylation is 1. The minimum Gasteiger partial charge on any atom is -0.369 e. The number of benzene rings is 1. The molecule has 4 nitrogen and oxygen atoms in total. The zero-order valence-electron chi connectivity index (χ0n) is 15.2. The number of hydrogen-bond acceptors (Lipinski definition) is 3. The van der Waals surface area contributed by atoms with E-state index in [2.05, 4.69) is 68.7 Å². The molecule has 0 bridgehead atoms. The molecule has 1 aliphatic heterocycles. The van der Waals surface area contributed by atoms with Crippen molar-refractivity contribution in [1.82, 2.24) is 9.80 Å². The summed E-state index contributed by atoms with van der Waals surface area (Å²) in [5.74, 6) is 0.249. The Morgan fingerprint density at radius 1 is 1.09 bits per heavy atom. The fourth-order valence-corrected chi connectivity index (χ4v) is 3.43. The van der Waals surface area contributed by atoms with E-state index >= 15 is 0 Å². The van der Waals surface area contributed by atoms with Gasteiger partial charge in [-0.3, -0.25) is 9.69 Å². The van der Waals surface area contributed by atoms with Crippen molar-refractivity contribution < 1.29 is 4.79 Å². The number of rotatable bonds is 5. The molecule has 1 saturated heterocycles. The first-order valence-corrected chi connectivity index (χ1v) is 8.73. The van der Waals surface area contributed by atoms with Crippen LogP contribution in [0.3, 0.4) is 0 Å². The van der Waals surface area contributed by atoms with E-state index in [-0.39, 0.29) is 18.0 Å². The van der Waals surface area contributed by atoms with E-state index in [1.165, 1.54) is 11.3 Å². The Hall–Kier alpha value is -1.55. The molecule has 1 fully saturated rings. The maximum atomic E-state index is 12.6. The van der Waals surface area contributed by atoms with Crippen LogP contribution in [0.5, 0.6) is 0 Å². The first-order valence-electron chi connectivity index (χ1n) is 8.73. The molecule has 0 aliphatic carbocycles. The van der Waals surface area contributed by atoms with Gasteiger partial charge in [0.1, 0.15) is 0 Å². The molecular formula is C19H31N3O. The lowest BCUT2D eigenvalue weighted by Gasteiger charge is -2.38. The molecular weight excluding hydrogens is 286 g/mol. The average Bonchev–Trinajstić information content (AvgIpc) is 2.47. The van der Waals surface area contributed by atoms with Gasteiger partial charge in [0, 0.05) is 44.0 Å². The van der Waals surface area contributed by atoms with Crippen molar-refractivity contribution in [2.45, 2.75) is 46.7 Å². The van der Waals surface area contributed by atoms with E-state index in [0.29, 0.717) is 6.54 Å². The van der Waals surface area contributed by atoms with Crippen molar-refractivity contribution in [3.8, 4) is 0 Å². The zero-order valence-corrected chi connectivity index (χ0v) is 15.2. The number of anilines is 1. The number of carbonyl (C=O) groups excluding carboxylic acids is 1. The highest BCUT2D eigenvalue weighted by molar-refractivity contribution is 5.78. The Morgan fingerprint density at radius 3 is 2.22 bits per heavy atom. The monoisotopic (exact) mass is 317 g/mol. The Morgan fingerprint density at radius 2 is 1.70 bits per heavy atom. The third-order valence-corrected chi connectivity index (χ3v) is 4.50. The molecule has 1 aliphatic rings. The molecule has 2 rings (SSSR count). The van der Waals surface area contributed by atoms with Crippen LogP contribution < -0.4 is 4.90 Å². The second-order valence-corrected chi connectivity index (χ2v) is 7.09. The second kappa shape index (κ2) is 7.82. The molecule has 0 spiro atoms. The van der Waals surface area contributed by atoms with Gasteiger partial charge in [0.25, 0.3) is 0 Å². The van der Waals surface area contributed by atoms with Crippen LogP contribution in [0.25, 0.3) is 0 Å². The van der Waals surface area contributed by atoms with Crippen LogP contribution >= 0.6 is 0 Å². The minimum absolute atomic E-state index is 0.249. The fraction of sp³-hybridized carbons (Fsp3) is 0.632. The first-order chi connectivity index (χ1) is 10.9. The molecule has 4 heteroatoms. The molecule has 1 heterocycles. The first kappa shape index (κ1) is 17.8. The number of nitrogens with zero attached hydrogens (tertiary/aromatic N) is 3. The lowest BCUT2D eigenvalue weighted by Crippen LogP contribution is -2.52. The molecule has 0 unspecified atom stereocenters. The highest BCUT2D eigenvalue weighted by Gasteiger charge is 2.24. The highest BCUT2D eigenvalue weighted by Crippen LogP contribution is 2.18. The molecule has 128 valence electrons. The number of piperazine rings is 1. The average molecular weight is 317 g/mol. The van der Waals surface area contributed by atoms with E-state index < -0.39 is 0 Å². The lowest BCUT2D eigenvalue weighted by atomic mass is 10.2. The van der Waals surface area contributed by atoms with Crippen LogP contribution in [0.15, 0.2) is 24.3 Å². The van der Waals surface area contributed by atoms with E-state index in [1.807, 2.05) is 4.90 Å². The van der Waals surface area contributed by atoms with Gasteiger partial charge in [-0.1, -0.05) is 12.1 Å². The molecule has 0 atom stereocenters. The van der Waals surface area contributed by atoms with Gasteiger partial charge in [-0.2, -0.15) is 0 Å². The van der Waals surface area contributed by atoms with Crippen molar-refractivity contribution in [2.24, 2.45) is 0 Å². The van der Waals surface area contributed by atoms with Gasteiger partial charge in [0.2, 0.25) is 5.91 Å². The van der Waals surface area contributed by atoms with Gasteiger partial charge < -0.3 is 9.80 Å². The lowest BCUT2D eigenvalue weighted by molar-refractivity contribution is -0.136. The van der Waals surface area contributed by atoms with Gasteiger partial charge in [-0.05, 0) is 52.3 Å². The Labute approximate surface area is 141 Å². The molecule has 1 amide bonds. The summed E-state index contributed by atoms with van der Waals surface area (Å²) in [5, 5.41) is 0. The van der Waals surface area contributed by atoms with Crippen molar-refractivity contribution in [3.05, 3.63) is 29.8 Å². The molecule has 1 aromatic carbocycles. The van der Waals surface area contributed by atoms with Crippen LogP contribution in [0, 0.1) is 6.92 Å². The summed E-state index contributed by atoms with van der Waals surface area (Å²) in [7, 11) is 0. The zero-order chi connectivity index (χ0) is 17.0. The molecule has 0 radical (unpaired) electrons. The third-order valence-electron chi connectivity index (χ3n) is 4.50. The van der Waals surface area contributed by atoms with Gasteiger partial charge >= 0.3 is 0 Å². The summed E-state index contributed by atoms with van der Waals surface area (Å²) in [6, 6.07) is 9.17. The Bertz CT molecular complexity index is 511. The summed E-state index contributed by atoms with van der Waals surface area (Å²) in [4.78, 5) is 19.3. The minimum atomic E-state index is 0.249. The van der Waals surface area contributed by atoms with E-state index in [1.54, 1.807) is 0 Å². The predicted molar refractivity (Wildman–Crippen MR) is 97.0 cm³/mol. The maximum Gasteiger partial charge on any atom is 0.237 e. The number of amides is 1. The van der Waals surface area contributed by atoms with Crippen LogP contribution in [0.1, 0.15) is 33.3 Å². The van der Waals surface area contributed by atoms with Gasteiger partial charge in [-0.25, -0.2) is 0 Å². The quantitative estimate of drug-likeness (QED) is 0.835. The van der Waals surface area contributed by atoms with Crippen molar-refractivity contribution in [2.75, 3.05) is 37.6 Å². The SMILES string of the molecule is Cc1cccc(N2CCN(CC(=O)N(C(C)C)C(C)C)CC2)c1. The van der Waals surface area contributed by atoms with Crippen LogP contribution in [-0.2, 0) is 4.79 Å². The molecule has 0 aromatic heterocycles. The van der Waals surface area contributed by atoms with Crippen LogP contribution in [-0.4, -0.2) is 60.5 Å². The molecule has 0 saturated carbocycles. The fourth-order valence-electron chi connectivity index (χ4n) is 3.43. The Kier molecular flexibility index (Phi) is 6.05. The van der Waals surface area contributed by atoms with Crippen molar-refractivity contribution in [3.63, 3.8) is 0 Å². The standard InChI is InChI=1S/C19H31N3O/c1-15(2)22(16(3)4)19(23)14-20-9-11-21(12-10-20)18-8-6-7-17(5)13-18/h6-8,13,15-16H,9-12,14H2,1-5H3. The van der Waals surface area contributed by atoms with Gasteiger partial charge in [-0.15, -0.1) is 0 Å². The molecule has 23 heavy (non-hydrogen) atoms. The van der Waals surface area contributed by atoms with Gasteiger partial charge in [0.05, 0.1) is 6.54 Å². The highest BCUT2D eigenvalue weighted by atomic mass is 16.2. The summed E-state index contributed by atoms with van der Waals surface area (Å²) < 4.78 is 0. The van der Waals surface area contributed by atoms with Crippen LogP contribution in [0.2, 0.25) is 0 Å². The summed E-state index contributed by atoms with van der Waals surface area (Å²) in [6.07, 6.45) is 0. The second-order valence-electron chi connectivity index (χ2n) is 7.09. The predicted octanol–water partition coefficient (Wildman–Crippen LogP) is 2.76. The van der Waals surface area contributed by atoms with Crippen LogP contribution in [0.4, 0.5) is 5.69 Å². The van der Waals surface area contributed by atoms with E-state index in [9.17, 15) is 4.79 Å². The van der Waals surface area contributed by atoms with E-state index in [0.717, 1.165) is 26.2 Å². The summed E-state index contributed by atoms with van der Waals surface area (Å²) in [6.45, 7) is 14.9. The smallest absolute Gasteiger partial charge is 0.237 e. The van der Waals surface area contributed by atoms with E-state index in [4.69, 9.17) is 0 Å². The third kappa shape index (κ3) is 4.71. The topological polar surface area (TPSA) is 26.8 Å². The van der Waals surface area contributed by atoms with Crippen molar-refractivity contribution in [1.29, 1.82) is 0 Å². The normalized spacial score (nSPS) is 16.2. The number of carbonyl (C=O) groups is 1. The number of hydrogen-bond donors (Lipinski definition) is 0. The van der Waals surface area contributed by atoms with Gasteiger partial charge in [0.15, 0.2) is 0 Å². The summed E-state index contributed by atoms with van der Waals surface area (Å²) >= 11 is 0. The molecule has 1 aromatic rings. The molecule has 0 N–H and O–H groups in total. The summed E-state index contributed by atoms with van der Waals surface area (Å²) in [5.41, 5.74) is 2.59. The van der Waals surface area contributed by atoms with Crippen molar-refractivity contribution >= 4 is 11.6 Å². The largest absolute Gasteiger partial charge is 0.369 e. The maximum absolute atomic E-state index is 12.6.